The Hall–Kier alpha value is -2.81. The standard InChI is InChI=1S/C19H18FNO3S.C5H9F3/c1-13(22)19(15-4-8-16(20)9-5-15)18(12-21-2)14-6-10-17(11-7-14)25(3,23)24;1-2-3-4-5(6,7)8/h4-12H,1-3H3;2-4H2,1H3/b19-18-,21-12?;. The van der Waals surface area contributed by atoms with E-state index in [1.807, 2.05) is 0 Å². The summed E-state index contributed by atoms with van der Waals surface area (Å²) in [5.74, 6) is -0.594. The van der Waals surface area contributed by atoms with Crippen LogP contribution < -0.4 is 0 Å². The number of Topliss-reactive ketones (excluding diaryl/α,β-unsaturated/α-hetero) is 1. The smallest absolute Gasteiger partial charge is 0.296 e. The van der Waals surface area contributed by atoms with Crippen molar-refractivity contribution in [3.05, 3.63) is 65.5 Å². The highest BCUT2D eigenvalue weighted by molar-refractivity contribution is 7.90. The molecule has 9 heteroatoms. The Kier molecular flexibility index (Phi) is 10.6. The normalized spacial score (nSPS) is 12.7. The molecule has 4 nitrogen and oxygen atoms in total. The van der Waals surface area contributed by atoms with E-state index in [1.54, 1.807) is 26.1 Å². The third-order valence-corrected chi connectivity index (χ3v) is 5.55. The van der Waals surface area contributed by atoms with Gasteiger partial charge in [0.25, 0.3) is 0 Å². The van der Waals surface area contributed by atoms with E-state index in [0.717, 1.165) is 6.26 Å². The first-order chi connectivity index (χ1) is 15.3. The Bertz CT molecular complexity index is 1090. The fourth-order valence-corrected chi connectivity index (χ4v) is 3.47. The van der Waals surface area contributed by atoms with Gasteiger partial charge in [-0.3, -0.25) is 9.79 Å². The van der Waals surface area contributed by atoms with Gasteiger partial charge in [0.1, 0.15) is 5.82 Å². The van der Waals surface area contributed by atoms with E-state index < -0.39 is 28.3 Å². The molecule has 0 N–H and O–H groups in total. The summed E-state index contributed by atoms with van der Waals surface area (Å²) in [7, 11) is -1.73. The van der Waals surface area contributed by atoms with Crippen LogP contribution in [0.25, 0.3) is 11.1 Å². The molecule has 0 aliphatic heterocycles. The minimum atomic E-state index is -3.95. The van der Waals surface area contributed by atoms with Crippen LogP contribution in [-0.4, -0.2) is 39.9 Å². The number of carbonyl (C=O) groups is 1. The third kappa shape index (κ3) is 9.69. The molecular weight excluding hydrogens is 458 g/mol. The average Bonchev–Trinajstić information content (AvgIpc) is 2.72. The number of allylic oxidation sites excluding steroid dienone is 2. The van der Waals surface area contributed by atoms with Crippen LogP contribution in [0.1, 0.15) is 44.2 Å². The zero-order valence-corrected chi connectivity index (χ0v) is 19.7. The first-order valence-electron chi connectivity index (χ1n) is 10.1. The fourth-order valence-electron chi connectivity index (χ4n) is 2.84. The van der Waals surface area contributed by atoms with Crippen LogP contribution in [0.15, 0.2) is 58.4 Å². The summed E-state index contributed by atoms with van der Waals surface area (Å²) in [5.41, 5.74) is 2.14. The van der Waals surface area contributed by atoms with Crippen molar-refractivity contribution >= 4 is 33.0 Å². The number of alkyl halides is 3. The van der Waals surface area contributed by atoms with Crippen molar-refractivity contribution in [3.63, 3.8) is 0 Å². The Balaban J connectivity index is 0.000000582. The molecule has 0 saturated carbocycles. The zero-order chi connectivity index (χ0) is 25.2. The highest BCUT2D eigenvalue weighted by Crippen LogP contribution is 2.27. The maximum absolute atomic E-state index is 13.2. The molecule has 2 rings (SSSR count). The van der Waals surface area contributed by atoms with Gasteiger partial charge in [0.2, 0.25) is 0 Å². The summed E-state index contributed by atoms with van der Waals surface area (Å²) < 4.78 is 70.1. The number of unbranched alkanes of at least 4 members (excludes halogenated alkanes) is 1. The maximum Gasteiger partial charge on any atom is 0.389 e. The second kappa shape index (κ2) is 12.4. The summed E-state index contributed by atoms with van der Waals surface area (Å²) in [6, 6.07) is 11.8. The highest BCUT2D eigenvalue weighted by Gasteiger charge is 2.25. The van der Waals surface area contributed by atoms with E-state index in [9.17, 15) is 30.8 Å². The van der Waals surface area contributed by atoms with Gasteiger partial charge in [-0.15, -0.1) is 0 Å². The number of carbonyl (C=O) groups excluding carboxylic acids is 1. The molecule has 0 atom stereocenters. The first kappa shape index (κ1) is 28.2. The molecule has 0 saturated heterocycles. The van der Waals surface area contributed by atoms with Crippen molar-refractivity contribution in [1.29, 1.82) is 0 Å². The van der Waals surface area contributed by atoms with Crippen LogP contribution in [0, 0.1) is 5.82 Å². The first-order valence-corrected chi connectivity index (χ1v) is 12.0. The van der Waals surface area contributed by atoms with Crippen LogP contribution in [0.4, 0.5) is 17.6 Å². The SMILES string of the molecule is CCCCC(F)(F)F.CN=C/C(=C(\C(C)=O)c1ccc(F)cc1)c1ccc(S(C)(=O)=O)cc1. The molecule has 33 heavy (non-hydrogen) atoms. The molecule has 0 aliphatic rings. The van der Waals surface area contributed by atoms with E-state index in [0.29, 0.717) is 28.7 Å². The second-order valence-electron chi connectivity index (χ2n) is 7.25. The van der Waals surface area contributed by atoms with Crippen molar-refractivity contribution in [2.75, 3.05) is 13.3 Å². The van der Waals surface area contributed by atoms with Crippen molar-refractivity contribution in [2.45, 2.75) is 44.2 Å². The second-order valence-corrected chi connectivity index (χ2v) is 9.27. The van der Waals surface area contributed by atoms with E-state index in [4.69, 9.17) is 0 Å². The van der Waals surface area contributed by atoms with E-state index in [1.165, 1.54) is 49.5 Å². The van der Waals surface area contributed by atoms with Crippen molar-refractivity contribution < 1.29 is 30.8 Å². The summed E-state index contributed by atoms with van der Waals surface area (Å²) in [6.07, 6.45) is -1.05. The zero-order valence-electron chi connectivity index (χ0n) is 18.9. The number of rotatable bonds is 7. The molecule has 0 amide bonds. The predicted molar refractivity (Wildman–Crippen MR) is 123 cm³/mol. The summed E-state index contributed by atoms with van der Waals surface area (Å²) >= 11 is 0. The molecular formula is C24H27F4NO3S. The van der Waals surface area contributed by atoms with Crippen LogP contribution >= 0.6 is 0 Å². The topological polar surface area (TPSA) is 63.6 Å². The third-order valence-electron chi connectivity index (χ3n) is 4.42. The summed E-state index contributed by atoms with van der Waals surface area (Å²) in [4.78, 5) is 16.4. The van der Waals surface area contributed by atoms with Gasteiger partial charge < -0.3 is 0 Å². The lowest BCUT2D eigenvalue weighted by atomic mass is 9.93. The molecule has 180 valence electrons. The number of aliphatic imine (C=N–C) groups is 1. The minimum Gasteiger partial charge on any atom is -0.296 e. The van der Waals surface area contributed by atoms with Gasteiger partial charge in [0.15, 0.2) is 15.6 Å². The molecule has 0 heterocycles. The van der Waals surface area contributed by atoms with Gasteiger partial charge in [-0.1, -0.05) is 37.6 Å². The number of halogens is 4. The molecule has 0 unspecified atom stereocenters. The van der Waals surface area contributed by atoms with E-state index >= 15 is 0 Å². The Morgan fingerprint density at radius 2 is 1.52 bits per heavy atom. The van der Waals surface area contributed by atoms with Gasteiger partial charge in [-0.25, -0.2) is 12.8 Å². The van der Waals surface area contributed by atoms with Gasteiger partial charge in [-0.05, 0) is 48.7 Å². The molecule has 0 aromatic heterocycles. The predicted octanol–water partition coefficient (Wildman–Crippen LogP) is 6.17. The molecule has 2 aromatic rings. The number of sulfone groups is 1. The number of benzene rings is 2. The molecule has 0 radical (unpaired) electrons. The highest BCUT2D eigenvalue weighted by atomic mass is 32.2. The molecule has 0 aliphatic carbocycles. The lowest BCUT2D eigenvalue weighted by Crippen LogP contribution is -2.05. The number of hydrogen-bond acceptors (Lipinski definition) is 4. The Morgan fingerprint density at radius 1 is 1.00 bits per heavy atom. The molecule has 0 spiro atoms. The summed E-state index contributed by atoms with van der Waals surface area (Å²) in [6.45, 7) is 3.17. The van der Waals surface area contributed by atoms with Gasteiger partial charge in [-0.2, -0.15) is 13.2 Å². The van der Waals surface area contributed by atoms with Crippen LogP contribution in [0.3, 0.4) is 0 Å². The van der Waals surface area contributed by atoms with Crippen molar-refractivity contribution in [2.24, 2.45) is 4.99 Å². The van der Waals surface area contributed by atoms with E-state index in [-0.39, 0.29) is 17.1 Å². The number of hydrogen-bond donors (Lipinski definition) is 0. The Morgan fingerprint density at radius 3 is 1.88 bits per heavy atom. The van der Waals surface area contributed by atoms with Gasteiger partial charge in [0.05, 0.1) is 4.90 Å². The van der Waals surface area contributed by atoms with Gasteiger partial charge >= 0.3 is 6.18 Å². The largest absolute Gasteiger partial charge is 0.389 e. The quantitative estimate of drug-likeness (QED) is 0.204. The average molecular weight is 486 g/mol. The number of nitrogens with zero attached hydrogens (tertiary/aromatic N) is 1. The van der Waals surface area contributed by atoms with Gasteiger partial charge in [0, 0.05) is 37.1 Å². The number of ketones is 1. The minimum absolute atomic E-state index is 0.190. The van der Waals surface area contributed by atoms with Crippen LogP contribution in [0.2, 0.25) is 0 Å². The summed E-state index contributed by atoms with van der Waals surface area (Å²) in [5, 5.41) is 0. The Labute approximate surface area is 192 Å². The van der Waals surface area contributed by atoms with Crippen molar-refractivity contribution in [3.8, 4) is 0 Å². The van der Waals surface area contributed by atoms with Crippen LogP contribution in [0.5, 0.6) is 0 Å². The monoisotopic (exact) mass is 485 g/mol. The lowest BCUT2D eigenvalue weighted by Gasteiger charge is -2.11. The van der Waals surface area contributed by atoms with E-state index in [2.05, 4.69) is 4.99 Å². The molecule has 2 aromatic carbocycles. The molecule has 0 fully saturated rings. The van der Waals surface area contributed by atoms with Crippen LogP contribution in [-0.2, 0) is 14.6 Å². The molecule has 0 bridgehead atoms. The van der Waals surface area contributed by atoms with Crippen molar-refractivity contribution in [1.82, 2.24) is 0 Å². The lowest BCUT2D eigenvalue weighted by molar-refractivity contribution is -0.135. The maximum atomic E-state index is 13.2. The fraction of sp³-hybridized carbons (Fsp3) is 0.333.